The van der Waals surface area contributed by atoms with Crippen molar-refractivity contribution in [3.05, 3.63) is 48.3 Å². The van der Waals surface area contributed by atoms with Crippen molar-refractivity contribution in [1.82, 2.24) is 20.4 Å². The molecule has 0 aliphatic carbocycles. The van der Waals surface area contributed by atoms with Gasteiger partial charge in [0, 0.05) is 31.9 Å². The highest BCUT2D eigenvalue weighted by Gasteiger charge is 2.02. The van der Waals surface area contributed by atoms with E-state index in [9.17, 15) is 0 Å². The number of nitrogens with zero attached hydrogens (tertiary/aromatic N) is 3. The lowest BCUT2D eigenvalue weighted by atomic mass is 10.2. The second kappa shape index (κ2) is 11.9. The maximum Gasteiger partial charge on any atom is 0.191 e. The summed E-state index contributed by atoms with van der Waals surface area (Å²) in [6, 6.07) is 10.1. The third-order valence-corrected chi connectivity index (χ3v) is 3.66. The van der Waals surface area contributed by atoms with E-state index in [1.807, 2.05) is 47.4 Å². The highest BCUT2D eigenvalue weighted by atomic mass is 127. The summed E-state index contributed by atoms with van der Waals surface area (Å²) in [5, 5.41) is 11.1. The first-order valence-corrected chi connectivity index (χ1v) is 8.37. The topological polar surface area (TPSA) is 54.2 Å². The molecule has 0 amide bonds. The monoisotopic (exact) mass is 441 g/mol. The van der Waals surface area contributed by atoms with E-state index in [0.717, 1.165) is 23.8 Å². The van der Waals surface area contributed by atoms with E-state index in [-0.39, 0.29) is 24.0 Å². The number of para-hydroxylation sites is 1. The Bertz CT molecular complexity index is 594. The maximum absolute atomic E-state index is 4.40. The number of aliphatic imine (C=N–C) groups is 1. The number of nitrogens with one attached hydrogen (secondary N) is 2. The van der Waals surface area contributed by atoms with Crippen molar-refractivity contribution in [2.75, 3.05) is 13.6 Å². The fraction of sp³-hybridized carbons (Fsp3) is 0.444. The van der Waals surface area contributed by atoms with Crippen LogP contribution in [-0.2, 0) is 6.54 Å². The summed E-state index contributed by atoms with van der Waals surface area (Å²) in [6.07, 6.45) is 8.93. The average molecular weight is 441 g/mol. The normalized spacial score (nSPS) is 11.0. The zero-order valence-corrected chi connectivity index (χ0v) is 16.9. The van der Waals surface area contributed by atoms with Gasteiger partial charge in [-0.3, -0.25) is 4.99 Å². The van der Waals surface area contributed by atoms with E-state index in [4.69, 9.17) is 0 Å². The molecule has 0 spiro atoms. The summed E-state index contributed by atoms with van der Waals surface area (Å²) >= 11 is 0. The Morgan fingerprint density at radius 1 is 1.12 bits per heavy atom. The Morgan fingerprint density at radius 3 is 2.62 bits per heavy atom. The first-order valence-electron chi connectivity index (χ1n) is 8.37. The molecule has 0 atom stereocenters. The molecule has 0 saturated carbocycles. The molecule has 1 aromatic carbocycles. The minimum atomic E-state index is 0. The van der Waals surface area contributed by atoms with Gasteiger partial charge in [0.15, 0.2) is 5.96 Å². The summed E-state index contributed by atoms with van der Waals surface area (Å²) in [7, 11) is 1.80. The molecular formula is C18H28IN5. The molecule has 1 heterocycles. The molecule has 2 rings (SSSR count). The van der Waals surface area contributed by atoms with Crippen LogP contribution in [0.4, 0.5) is 0 Å². The van der Waals surface area contributed by atoms with E-state index in [2.05, 4.69) is 27.6 Å². The van der Waals surface area contributed by atoms with Crippen LogP contribution in [0.25, 0.3) is 5.69 Å². The lowest BCUT2D eigenvalue weighted by molar-refractivity contribution is 0.647. The molecular weight excluding hydrogens is 413 g/mol. The number of aromatic nitrogens is 2. The first kappa shape index (κ1) is 20.5. The Kier molecular flexibility index (Phi) is 10.1. The second-order valence-electron chi connectivity index (χ2n) is 5.54. The van der Waals surface area contributed by atoms with E-state index in [1.54, 1.807) is 7.05 Å². The summed E-state index contributed by atoms with van der Waals surface area (Å²) in [5.74, 6) is 0.842. The smallest absolute Gasteiger partial charge is 0.191 e. The summed E-state index contributed by atoms with van der Waals surface area (Å²) in [6.45, 7) is 3.90. The minimum Gasteiger partial charge on any atom is -0.356 e. The lowest BCUT2D eigenvalue weighted by Gasteiger charge is -2.10. The Morgan fingerprint density at radius 2 is 1.92 bits per heavy atom. The van der Waals surface area contributed by atoms with Crippen LogP contribution in [-0.4, -0.2) is 29.3 Å². The minimum absolute atomic E-state index is 0. The number of unbranched alkanes of at least 4 members (excludes halogenated alkanes) is 3. The molecule has 2 aromatic rings. The van der Waals surface area contributed by atoms with Gasteiger partial charge in [-0.05, 0) is 18.6 Å². The standard InChI is InChI=1S/C18H27N5.HI/c1-3-4-5-9-12-20-18(19-2)21-13-16-14-22-23(15-16)17-10-7-6-8-11-17;/h6-8,10-11,14-15H,3-5,9,12-13H2,1-2H3,(H2,19,20,21);1H. The molecule has 0 bridgehead atoms. The Hall–Kier alpha value is -1.57. The van der Waals surface area contributed by atoms with Crippen LogP contribution in [0.3, 0.4) is 0 Å². The largest absolute Gasteiger partial charge is 0.356 e. The van der Waals surface area contributed by atoms with Gasteiger partial charge in [-0.1, -0.05) is 44.4 Å². The fourth-order valence-corrected chi connectivity index (χ4v) is 2.34. The van der Waals surface area contributed by atoms with Crippen molar-refractivity contribution < 1.29 is 0 Å². The summed E-state index contributed by atoms with van der Waals surface area (Å²) in [4.78, 5) is 4.25. The van der Waals surface area contributed by atoms with Gasteiger partial charge in [-0.25, -0.2) is 4.68 Å². The highest BCUT2D eigenvalue weighted by molar-refractivity contribution is 14.0. The number of guanidine groups is 1. The van der Waals surface area contributed by atoms with Crippen molar-refractivity contribution in [1.29, 1.82) is 0 Å². The van der Waals surface area contributed by atoms with Crippen molar-refractivity contribution in [3.63, 3.8) is 0 Å². The third kappa shape index (κ3) is 6.90. The molecule has 5 nitrogen and oxygen atoms in total. The number of rotatable bonds is 8. The van der Waals surface area contributed by atoms with Crippen LogP contribution >= 0.6 is 24.0 Å². The lowest BCUT2D eigenvalue weighted by Crippen LogP contribution is -2.37. The molecule has 6 heteroatoms. The molecule has 0 radical (unpaired) electrons. The SMILES string of the molecule is CCCCCCNC(=NC)NCc1cnn(-c2ccccc2)c1.I. The molecule has 0 aliphatic rings. The van der Waals surface area contributed by atoms with Gasteiger partial charge < -0.3 is 10.6 Å². The number of halogens is 1. The van der Waals surface area contributed by atoms with Crippen LogP contribution in [0.2, 0.25) is 0 Å². The van der Waals surface area contributed by atoms with E-state index in [0.29, 0.717) is 6.54 Å². The van der Waals surface area contributed by atoms with Gasteiger partial charge in [-0.15, -0.1) is 24.0 Å². The zero-order valence-electron chi connectivity index (χ0n) is 14.5. The van der Waals surface area contributed by atoms with Gasteiger partial charge >= 0.3 is 0 Å². The van der Waals surface area contributed by atoms with E-state index < -0.39 is 0 Å². The molecule has 0 aliphatic heterocycles. The molecule has 0 saturated heterocycles. The average Bonchev–Trinajstić information content (AvgIpc) is 3.07. The van der Waals surface area contributed by atoms with Crippen molar-refractivity contribution in [2.45, 2.75) is 39.2 Å². The fourth-order valence-electron chi connectivity index (χ4n) is 2.34. The van der Waals surface area contributed by atoms with Gasteiger partial charge in [0.05, 0.1) is 11.9 Å². The van der Waals surface area contributed by atoms with E-state index >= 15 is 0 Å². The number of hydrogen-bond donors (Lipinski definition) is 2. The summed E-state index contributed by atoms with van der Waals surface area (Å²) in [5.41, 5.74) is 2.19. The van der Waals surface area contributed by atoms with Crippen molar-refractivity contribution in [3.8, 4) is 5.69 Å². The van der Waals surface area contributed by atoms with Gasteiger partial charge in [0.2, 0.25) is 0 Å². The molecule has 0 unspecified atom stereocenters. The van der Waals surface area contributed by atoms with Gasteiger partial charge in [-0.2, -0.15) is 5.10 Å². The molecule has 2 N–H and O–H groups in total. The van der Waals surface area contributed by atoms with Crippen molar-refractivity contribution in [2.24, 2.45) is 4.99 Å². The summed E-state index contributed by atoms with van der Waals surface area (Å²) < 4.78 is 1.89. The third-order valence-electron chi connectivity index (χ3n) is 3.66. The Balaban J connectivity index is 0.00000288. The molecule has 24 heavy (non-hydrogen) atoms. The first-order chi connectivity index (χ1) is 11.3. The van der Waals surface area contributed by atoms with E-state index in [1.165, 1.54) is 25.7 Å². The number of benzene rings is 1. The predicted molar refractivity (Wildman–Crippen MR) is 111 cm³/mol. The van der Waals surface area contributed by atoms with Crippen LogP contribution in [0.15, 0.2) is 47.7 Å². The highest BCUT2D eigenvalue weighted by Crippen LogP contribution is 2.07. The second-order valence-corrected chi connectivity index (χ2v) is 5.54. The quantitative estimate of drug-likeness (QED) is 0.284. The van der Waals surface area contributed by atoms with Crippen LogP contribution in [0.5, 0.6) is 0 Å². The van der Waals surface area contributed by atoms with Crippen LogP contribution < -0.4 is 10.6 Å². The molecule has 1 aromatic heterocycles. The number of hydrogen-bond acceptors (Lipinski definition) is 2. The van der Waals surface area contributed by atoms with Crippen LogP contribution in [0.1, 0.15) is 38.2 Å². The Labute approximate surface area is 162 Å². The molecule has 132 valence electrons. The zero-order chi connectivity index (χ0) is 16.3. The maximum atomic E-state index is 4.40. The predicted octanol–water partition coefficient (Wildman–Crippen LogP) is 3.74. The molecule has 0 fully saturated rings. The van der Waals surface area contributed by atoms with Gasteiger partial charge in [0.1, 0.15) is 0 Å². The van der Waals surface area contributed by atoms with Gasteiger partial charge in [0.25, 0.3) is 0 Å². The van der Waals surface area contributed by atoms with Crippen LogP contribution in [0, 0.1) is 0 Å². The van der Waals surface area contributed by atoms with Crippen molar-refractivity contribution >= 4 is 29.9 Å².